The van der Waals surface area contributed by atoms with Gasteiger partial charge >= 0.3 is 6.09 Å². The van der Waals surface area contributed by atoms with Gasteiger partial charge in [-0.05, 0) is 57.2 Å². The molecule has 0 spiro atoms. The van der Waals surface area contributed by atoms with Crippen molar-refractivity contribution in [2.75, 3.05) is 6.61 Å². The Bertz CT molecular complexity index is 658. The summed E-state index contributed by atoms with van der Waals surface area (Å²) in [6.45, 7) is 16.9. The average Bonchev–Trinajstić information content (AvgIpc) is 3.14. The summed E-state index contributed by atoms with van der Waals surface area (Å²) < 4.78 is 12.0. The van der Waals surface area contributed by atoms with E-state index in [1.165, 1.54) is 4.90 Å². The van der Waals surface area contributed by atoms with Crippen LogP contribution >= 0.6 is 0 Å². The van der Waals surface area contributed by atoms with Gasteiger partial charge in [-0.2, -0.15) is 0 Å². The number of hydrogen-bond donors (Lipinski definition) is 0. The van der Waals surface area contributed by atoms with Gasteiger partial charge in [0.05, 0.1) is 18.6 Å². The van der Waals surface area contributed by atoms with Gasteiger partial charge in [0.15, 0.2) is 8.32 Å². The van der Waals surface area contributed by atoms with E-state index in [4.69, 9.17) is 9.16 Å². The molecule has 27 heavy (non-hydrogen) atoms. The molecule has 0 aromatic heterocycles. The number of imide groups is 1. The second-order valence-electron chi connectivity index (χ2n) is 10.9. The molecule has 5 nitrogen and oxygen atoms in total. The SMILES string of the molecule is CC(C)(C)OC(=O)N1C(=O)C2C(C1CO[Si](C)(C)C(C)(C)C)[C@H]1C=C[C@@H]2C1. The highest BCUT2D eigenvalue weighted by atomic mass is 28.4. The summed E-state index contributed by atoms with van der Waals surface area (Å²) in [7, 11) is -1.98. The number of hydrogen-bond acceptors (Lipinski definition) is 4. The van der Waals surface area contributed by atoms with Gasteiger partial charge in [0.2, 0.25) is 5.91 Å². The van der Waals surface area contributed by atoms with Crippen molar-refractivity contribution in [3.05, 3.63) is 12.2 Å². The van der Waals surface area contributed by atoms with Crippen molar-refractivity contribution < 1.29 is 18.8 Å². The number of likely N-dealkylation sites (tertiary alicyclic amines) is 1. The van der Waals surface area contributed by atoms with Crippen LogP contribution in [-0.4, -0.2) is 43.5 Å². The largest absolute Gasteiger partial charge is 0.443 e. The van der Waals surface area contributed by atoms with E-state index in [-0.39, 0.29) is 34.7 Å². The number of ether oxygens (including phenoxy) is 1. The fraction of sp³-hybridized carbons (Fsp3) is 0.810. The van der Waals surface area contributed by atoms with Gasteiger partial charge in [-0.3, -0.25) is 4.79 Å². The van der Waals surface area contributed by atoms with Crippen LogP contribution in [0.25, 0.3) is 0 Å². The lowest BCUT2D eigenvalue weighted by Crippen LogP contribution is -2.49. The van der Waals surface area contributed by atoms with Crippen molar-refractivity contribution in [3.63, 3.8) is 0 Å². The van der Waals surface area contributed by atoms with E-state index in [0.717, 1.165) is 6.42 Å². The molecule has 0 radical (unpaired) electrons. The smallest absolute Gasteiger partial charge is 0.417 e. The molecule has 152 valence electrons. The van der Waals surface area contributed by atoms with E-state index in [1.54, 1.807) is 0 Å². The maximum Gasteiger partial charge on any atom is 0.417 e. The lowest BCUT2D eigenvalue weighted by molar-refractivity contribution is -0.132. The minimum absolute atomic E-state index is 0.0741. The Morgan fingerprint density at radius 2 is 1.74 bits per heavy atom. The van der Waals surface area contributed by atoms with Crippen LogP contribution in [0.15, 0.2) is 12.2 Å². The van der Waals surface area contributed by atoms with Crippen LogP contribution in [-0.2, 0) is 14.0 Å². The Kier molecular flexibility index (Phi) is 4.91. The van der Waals surface area contributed by atoms with Gasteiger partial charge in [-0.15, -0.1) is 0 Å². The Morgan fingerprint density at radius 1 is 1.15 bits per heavy atom. The zero-order valence-corrected chi connectivity index (χ0v) is 19.0. The molecule has 6 heteroatoms. The third-order valence-corrected chi connectivity index (χ3v) is 11.3. The number of rotatable bonds is 3. The van der Waals surface area contributed by atoms with E-state index in [1.807, 2.05) is 20.8 Å². The molecule has 1 saturated carbocycles. The molecule has 3 rings (SSSR count). The number of nitrogens with zero attached hydrogens (tertiary/aromatic N) is 1. The number of allylic oxidation sites excluding steroid dienone is 2. The van der Waals surface area contributed by atoms with Crippen molar-refractivity contribution in [2.24, 2.45) is 23.7 Å². The normalized spacial score (nSPS) is 33.0. The number of amides is 2. The maximum absolute atomic E-state index is 13.2. The molecule has 1 aliphatic heterocycles. The van der Waals surface area contributed by atoms with Gasteiger partial charge in [0, 0.05) is 5.92 Å². The second-order valence-corrected chi connectivity index (χ2v) is 15.7. The fourth-order valence-corrected chi connectivity index (χ4v) is 5.48. The average molecular weight is 394 g/mol. The van der Waals surface area contributed by atoms with E-state index in [9.17, 15) is 9.59 Å². The quantitative estimate of drug-likeness (QED) is 0.520. The van der Waals surface area contributed by atoms with Crippen molar-refractivity contribution in [3.8, 4) is 0 Å². The zero-order chi connectivity index (χ0) is 20.4. The molecule has 2 aliphatic carbocycles. The molecule has 3 unspecified atom stereocenters. The molecular weight excluding hydrogens is 358 g/mol. The lowest BCUT2D eigenvalue weighted by Gasteiger charge is -2.39. The van der Waals surface area contributed by atoms with Gasteiger partial charge in [-0.25, -0.2) is 9.69 Å². The highest BCUT2D eigenvalue weighted by Crippen LogP contribution is 2.55. The van der Waals surface area contributed by atoms with Crippen LogP contribution < -0.4 is 0 Å². The van der Waals surface area contributed by atoms with E-state index < -0.39 is 20.0 Å². The Balaban J connectivity index is 1.85. The van der Waals surface area contributed by atoms with Crippen molar-refractivity contribution in [2.45, 2.75) is 77.7 Å². The first-order valence-corrected chi connectivity index (χ1v) is 13.0. The first-order chi connectivity index (χ1) is 12.2. The van der Waals surface area contributed by atoms with Crippen molar-refractivity contribution >= 4 is 20.3 Å². The summed E-state index contributed by atoms with van der Waals surface area (Å²) in [4.78, 5) is 27.5. The van der Waals surface area contributed by atoms with Gasteiger partial charge < -0.3 is 9.16 Å². The lowest BCUT2D eigenvalue weighted by atomic mass is 9.82. The summed E-state index contributed by atoms with van der Waals surface area (Å²) in [6.07, 6.45) is 4.90. The molecule has 0 aromatic rings. The molecule has 2 bridgehead atoms. The van der Waals surface area contributed by atoms with Gasteiger partial charge in [-0.1, -0.05) is 32.9 Å². The topological polar surface area (TPSA) is 55.8 Å². The number of carbonyl (C=O) groups excluding carboxylic acids is 2. The highest BCUT2D eigenvalue weighted by Gasteiger charge is 2.61. The third kappa shape index (κ3) is 3.62. The molecule has 1 saturated heterocycles. The van der Waals surface area contributed by atoms with Crippen LogP contribution in [0.3, 0.4) is 0 Å². The third-order valence-electron chi connectivity index (χ3n) is 6.83. The monoisotopic (exact) mass is 393 g/mol. The first-order valence-electron chi connectivity index (χ1n) is 10.1. The molecule has 0 aromatic carbocycles. The summed E-state index contributed by atoms with van der Waals surface area (Å²) in [5.41, 5.74) is -0.628. The van der Waals surface area contributed by atoms with Crippen LogP contribution in [0.2, 0.25) is 18.1 Å². The van der Waals surface area contributed by atoms with E-state index in [0.29, 0.717) is 12.5 Å². The van der Waals surface area contributed by atoms with Crippen molar-refractivity contribution in [1.29, 1.82) is 0 Å². The van der Waals surface area contributed by atoms with Crippen LogP contribution in [0, 0.1) is 23.7 Å². The van der Waals surface area contributed by atoms with Crippen molar-refractivity contribution in [1.82, 2.24) is 4.90 Å². The zero-order valence-electron chi connectivity index (χ0n) is 18.0. The fourth-order valence-electron chi connectivity index (χ4n) is 4.46. The minimum atomic E-state index is -1.98. The first kappa shape index (κ1) is 20.6. The van der Waals surface area contributed by atoms with Gasteiger partial charge in [0.1, 0.15) is 5.60 Å². The second kappa shape index (κ2) is 6.44. The predicted molar refractivity (Wildman–Crippen MR) is 108 cm³/mol. The molecule has 1 heterocycles. The summed E-state index contributed by atoms with van der Waals surface area (Å²) >= 11 is 0. The molecule has 5 atom stereocenters. The Labute approximate surface area is 164 Å². The molecule has 3 aliphatic rings. The Hall–Kier alpha value is -1.14. The maximum atomic E-state index is 13.2. The molecule has 2 amide bonds. The van der Waals surface area contributed by atoms with E-state index in [2.05, 4.69) is 46.0 Å². The number of fused-ring (bicyclic) bond motifs is 5. The number of carbonyl (C=O) groups is 2. The Morgan fingerprint density at radius 3 is 2.30 bits per heavy atom. The summed E-state index contributed by atoms with van der Waals surface area (Å²) in [6, 6.07) is -0.230. The van der Waals surface area contributed by atoms with Crippen LogP contribution in [0.5, 0.6) is 0 Å². The predicted octanol–water partition coefficient (Wildman–Crippen LogP) is 4.59. The molecule has 0 N–H and O–H groups in total. The van der Waals surface area contributed by atoms with Gasteiger partial charge in [0.25, 0.3) is 0 Å². The van der Waals surface area contributed by atoms with E-state index >= 15 is 0 Å². The molecular formula is C21H35NO4Si. The summed E-state index contributed by atoms with van der Waals surface area (Å²) in [5.74, 6) is 0.611. The summed E-state index contributed by atoms with van der Waals surface area (Å²) in [5, 5.41) is 0.0837. The highest BCUT2D eigenvalue weighted by molar-refractivity contribution is 6.74. The minimum Gasteiger partial charge on any atom is -0.443 e. The molecule has 2 fully saturated rings. The van der Waals surface area contributed by atoms with Crippen LogP contribution in [0.4, 0.5) is 4.79 Å². The van der Waals surface area contributed by atoms with Crippen LogP contribution in [0.1, 0.15) is 48.0 Å². The standard InChI is InChI=1S/C21H35NO4Si/c1-20(2,3)26-19(24)22-15(12-25-27(7,8)21(4,5)6)16-13-9-10-14(11-13)17(16)18(22)23/h9-10,13-17H,11-12H2,1-8H3/t13-,14+,15?,16?,17?/m0/s1.